The number of carbonyl (C=O) groups is 2. The number of rotatable bonds is 5. The van der Waals surface area contributed by atoms with Gasteiger partial charge in [-0.05, 0) is 65.4 Å². The third kappa shape index (κ3) is 5.17. The van der Waals surface area contributed by atoms with E-state index in [0.717, 1.165) is 28.8 Å². The first-order valence-electron chi connectivity index (χ1n) is 9.37. The zero-order valence-electron chi connectivity index (χ0n) is 15.8. The normalized spacial score (nSPS) is 14.1. The highest BCUT2D eigenvalue weighted by Gasteiger charge is 2.22. The summed E-state index contributed by atoms with van der Waals surface area (Å²) in [6, 6.07) is 13.0. The van der Waals surface area contributed by atoms with Crippen molar-refractivity contribution in [1.29, 1.82) is 0 Å². The number of carbonyl (C=O) groups excluding carboxylic acids is 2. The van der Waals surface area contributed by atoms with Crippen molar-refractivity contribution in [2.24, 2.45) is 0 Å². The first-order chi connectivity index (χ1) is 13.5. The van der Waals surface area contributed by atoms with Crippen molar-refractivity contribution in [3.05, 3.63) is 56.6 Å². The van der Waals surface area contributed by atoms with Crippen LogP contribution in [0.1, 0.15) is 30.1 Å². The lowest BCUT2D eigenvalue weighted by Gasteiger charge is -2.36. The van der Waals surface area contributed by atoms with E-state index >= 15 is 0 Å². The summed E-state index contributed by atoms with van der Waals surface area (Å²) in [7, 11) is 0. The molecule has 0 aromatic heterocycles. The third-order valence-corrected chi connectivity index (χ3v) is 5.70. The molecule has 28 heavy (non-hydrogen) atoms. The predicted octanol–water partition coefficient (Wildman–Crippen LogP) is 4.65. The number of hydrogen-bond acceptors (Lipinski definition) is 3. The van der Waals surface area contributed by atoms with Crippen molar-refractivity contribution in [3.63, 3.8) is 0 Å². The van der Waals surface area contributed by atoms with Crippen LogP contribution < -0.4 is 10.2 Å². The minimum absolute atomic E-state index is 0.162. The number of halogens is 2. The van der Waals surface area contributed by atoms with E-state index in [1.54, 1.807) is 12.1 Å². The molecule has 1 aliphatic heterocycles. The van der Waals surface area contributed by atoms with Gasteiger partial charge in [0.1, 0.15) is 0 Å². The molecule has 0 unspecified atom stereocenters. The van der Waals surface area contributed by atoms with Crippen LogP contribution in [0, 0.1) is 3.57 Å². The van der Waals surface area contributed by atoms with Crippen molar-refractivity contribution < 1.29 is 9.59 Å². The molecule has 0 radical (unpaired) electrons. The van der Waals surface area contributed by atoms with Gasteiger partial charge in [-0.2, -0.15) is 0 Å². The van der Waals surface area contributed by atoms with Crippen molar-refractivity contribution in [1.82, 2.24) is 4.90 Å². The Labute approximate surface area is 184 Å². The Morgan fingerprint density at radius 1 is 1.11 bits per heavy atom. The summed E-state index contributed by atoms with van der Waals surface area (Å²) in [6.07, 6.45) is 1.48. The van der Waals surface area contributed by atoms with Crippen LogP contribution in [-0.4, -0.2) is 42.9 Å². The van der Waals surface area contributed by atoms with Crippen LogP contribution in [0.15, 0.2) is 42.5 Å². The van der Waals surface area contributed by atoms with Gasteiger partial charge in [-0.3, -0.25) is 9.59 Å². The molecule has 1 fully saturated rings. The molecule has 1 aliphatic rings. The number of amides is 2. The molecule has 5 nitrogen and oxygen atoms in total. The fourth-order valence-electron chi connectivity index (χ4n) is 3.24. The Hall–Kier alpha value is -1.80. The fraction of sp³-hybridized carbons (Fsp3) is 0.333. The lowest BCUT2D eigenvalue weighted by molar-refractivity contribution is -0.131. The Morgan fingerprint density at radius 2 is 1.86 bits per heavy atom. The van der Waals surface area contributed by atoms with E-state index < -0.39 is 0 Å². The fourth-order valence-corrected chi connectivity index (χ4v) is 4.09. The van der Waals surface area contributed by atoms with Gasteiger partial charge in [-0.15, -0.1) is 0 Å². The van der Waals surface area contributed by atoms with Crippen molar-refractivity contribution >= 4 is 57.4 Å². The minimum atomic E-state index is -0.162. The van der Waals surface area contributed by atoms with Gasteiger partial charge < -0.3 is 15.1 Å². The summed E-state index contributed by atoms with van der Waals surface area (Å²) in [5, 5.41) is 3.49. The summed E-state index contributed by atoms with van der Waals surface area (Å²) in [5.41, 5.74) is 2.20. The van der Waals surface area contributed by atoms with Gasteiger partial charge in [0, 0.05) is 47.4 Å². The van der Waals surface area contributed by atoms with Crippen LogP contribution in [0.5, 0.6) is 0 Å². The molecule has 0 bridgehead atoms. The molecule has 0 saturated carbocycles. The van der Waals surface area contributed by atoms with Gasteiger partial charge in [0.2, 0.25) is 5.91 Å². The zero-order valence-corrected chi connectivity index (χ0v) is 18.7. The van der Waals surface area contributed by atoms with E-state index in [2.05, 4.69) is 32.8 Å². The Bertz CT molecular complexity index is 866. The van der Waals surface area contributed by atoms with Crippen molar-refractivity contribution in [2.45, 2.75) is 19.8 Å². The molecule has 0 aliphatic carbocycles. The summed E-state index contributed by atoms with van der Waals surface area (Å²) >= 11 is 8.67. The molecule has 0 spiro atoms. The maximum absolute atomic E-state index is 12.4. The van der Waals surface area contributed by atoms with Gasteiger partial charge in [-0.25, -0.2) is 0 Å². The summed E-state index contributed by atoms with van der Waals surface area (Å²) in [4.78, 5) is 28.6. The molecule has 1 N–H and O–H groups in total. The smallest absolute Gasteiger partial charge is 0.255 e. The second-order valence-corrected chi connectivity index (χ2v) is 8.40. The second kappa shape index (κ2) is 9.60. The molecule has 2 aromatic rings. The van der Waals surface area contributed by atoms with Crippen LogP contribution in [-0.2, 0) is 4.79 Å². The van der Waals surface area contributed by atoms with Gasteiger partial charge in [-0.1, -0.05) is 24.6 Å². The minimum Gasteiger partial charge on any atom is -0.367 e. The lowest BCUT2D eigenvalue weighted by atomic mass is 10.2. The highest BCUT2D eigenvalue weighted by Crippen LogP contribution is 2.30. The molecule has 2 aromatic carbocycles. The van der Waals surface area contributed by atoms with Crippen LogP contribution in [0.3, 0.4) is 0 Å². The SMILES string of the molecule is CCCC(=O)N1CCN(c2ccc(NC(=O)c3cccc(I)c3)cc2Cl)CC1. The molecular formula is C21H23ClIN3O2. The van der Waals surface area contributed by atoms with Crippen LogP contribution in [0.2, 0.25) is 5.02 Å². The largest absolute Gasteiger partial charge is 0.367 e. The molecule has 148 valence electrons. The predicted molar refractivity (Wildman–Crippen MR) is 122 cm³/mol. The number of piperazine rings is 1. The molecule has 2 amide bonds. The first-order valence-corrected chi connectivity index (χ1v) is 10.8. The molecule has 7 heteroatoms. The topological polar surface area (TPSA) is 52.7 Å². The average molecular weight is 512 g/mol. The third-order valence-electron chi connectivity index (χ3n) is 4.73. The standard InChI is InChI=1S/C21H23ClIN3O2/c1-2-4-20(27)26-11-9-25(10-12-26)19-8-7-17(14-18(19)22)24-21(28)15-5-3-6-16(23)13-15/h3,5-8,13-14H,2,4,9-12H2,1H3,(H,24,28). The first kappa shape index (κ1) is 20.9. The maximum Gasteiger partial charge on any atom is 0.255 e. The molecular weight excluding hydrogens is 489 g/mol. The number of anilines is 2. The van der Waals surface area contributed by atoms with Crippen LogP contribution >= 0.6 is 34.2 Å². The van der Waals surface area contributed by atoms with Gasteiger partial charge in [0.25, 0.3) is 5.91 Å². The highest BCUT2D eigenvalue weighted by molar-refractivity contribution is 14.1. The van der Waals surface area contributed by atoms with E-state index in [1.165, 1.54) is 0 Å². The molecule has 0 atom stereocenters. The van der Waals surface area contributed by atoms with E-state index in [4.69, 9.17) is 11.6 Å². The van der Waals surface area contributed by atoms with Crippen molar-refractivity contribution in [3.8, 4) is 0 Å². The zero-order chi connectivity index (χ0) is 20.1. The number of nitrogens with one attached hydrogen (secondary N) is 1. The van der Waals surface area contributed by atoms with E-state index in [0.29, 0.717) is 35.8 Å². The summed E-state index contributed by atoms with van der Waals surface area (Å²) in [6.45, 7) is 4.94. The van der Waals surface area contributed by atoms with Gasteiger partial charge in [0.15, 0.2) is 0 Å². The Balaban J connectivity index is 1.63. The van der Waals surface area contributed by atoms with Crippen molar-refractivity contribution in [2.75, 3.05) is 36.4 Å². The second-order valence-electron chi connectivity index (χ2n) is 6.75. The average Bonchev–Trinajstić information content (AvgIpc) is 2.68. The number of benzene rings is 2. The van der Waals surface area contributed by atoms with Crippen LogP contribution in [0.4, 0.5) is 11.4 Å². The van der Waals surface area contributed by atoms with Crippen LogP contribution in [0.25, 0.3) is 0 Å². The monoisotopic (exact) mass is 511 g/mol. The lowest BCUT2D eigenvalue weighted by Crippen LogP contribution is -2.48. The number of nitrogens with zero attached hydrogens (tertiary/aromatic N) is 2. The summed E-state index contributed by atoms with van der Waals surface area (Å²) in [5.74, 6) is 0.0623. The Kier molecular flexibility index (Phi) is 7.18. The maximum atomic E-state index is 12.4. The van der Waals surface area contributed by atoms with E-state index in [1.807, 2.05) is 42.2 Å². The molecule has 3 rings (SSSR count). The van der Waals surface area contributed by atoms with Gasteiger partial charge >= 0.3 is 0 Å². The molecule has 1 saturated heterocycles. The molecule has 1 heterocycles. The summed E-state index contributed by atoms with van der Waals surface area (Å²) < 4.78 is 1.01. The van der Waals surface area contributed by atoms with E-state index in [-0.39, 0.29) is 11.8 Å². The quantitative estimate of drug-likeness (QED) is 0.595. The highest BCUT2D eigenvalue weighted by atomic mass is 127. The van der Waals surface area contributed by atoms with Gasteiger partial charge in [0.05, 0.1) is 10.7 Å². The Morgan fingerprint density at radius 3 is 2.50 bits per heavy atom. The number of hydrogen-bond donors (Lipinski definition) is 1. The van der Waals surface area contributed by atoms with E-state index in [9.17, 15) is 9.59 Å².